The van der Waals surface area contributed by atoms with Gasteiger partial charge in [0.1, 0.15) is 13.2 Å². The van der Waals surface area contributed by atoms with Crippen LogP contribution in [0.25, 0.3) is 0 Å². The molecule has 0 radical (unpaired) electrons. The predicted octanol–water partition coefficient (Wildman–Crippen LogP) is 0.745. The number of hydrogen-bond acceptors (Lipinski definition) is 4. The van der Waals surface area contributed by atoms with Crippen molar-refractivity contribution in [2.45, 2.75) is 6.92 Å². The van der Waals surface area contributed by atoms with Gasteiger partial charge in [0, 0.05) is 31.9 Å². The SMILES string of the molecule is Cc1cccc(N2CCN(C(=O)COCC(=O)O)CC2)c1. The van der Waals surface area contributed by atoms with E-state index in [9.17, 15) is 9.59 Å². The van der Waals surface area contributed by atoms with E-state index in [0.717, 1.165) is 13.1 Å². The van der Waals surface area contributed by atoms with Crippen molar-refractivity contribution in [3.63, 3.8) is 0 Å². The van der Waals surface area contributed by atoms with E-state index in [4.69, 9.17) is 9.84 Å². The second-order valence-corrected chi connectivity index (χ2v) is 5.09. The molecule has 1 N–H and O–H groups in total. The summed E-state index contributed by atoms with van der Waals surface area (Å²) in [5.74, 6) is -1.22. The molecule has 1 saturated heterocycles. The number of benzene rings is 1. The molecule has 21 heavy (non-hydrogen) atoms. The summed E-state index contributed by atoms with van der Waals surface area (Å²) in [4.78, 5) is 26.2. The van der Waals surface area contributed by atoms with Crippen LogP contribution in [0.15, 0.2) is 24.3 Å². The zero-order chi connectivity index (χ0) is 15.2. The highest BCUT2D eigenvalue weighted by atomic mass is 16.5. The van der Waals surface area contributed by atoms with Crippen LogP contribution < -0.4 is 4.90 Å². The van der Waals surface area contributed by atoms with Crippen molar-refractivity contribution in [2.24, 2.45) is 0 Å². The quantitative estimate of drug-likeness (QED) is 0.867. The Bertz CT molecular complexity index is 510. The average molecular weight is 292 g/mol. The van der Waals surface area contributed by atoms with E-state index >= 15 is 0 Å². The predicted molar refractivity (Wildman–Crippen MR) is 78.4 cm³/mol. The standard InChI is InChI=1S/C15H20N2O4/c1-12-3-2-4-13(9-12)16-5-7-17(8-6-16)14(18)10-21-11-15(19)20/h2-4,9H,5-8,10-11H2,1H3,(H,19,20). The molecular formula is C15H20N2O4. The highest BCUT2D eigenvalue weighted by molar-refractivity contribution is 5.78. The fourth-order valence-electron chi connectivity index (χ4n) is 2.36. The number of ether oxygens (including phenoxy) is 1. The summed E-state index contributed by atoms with van der Waals surface area (Å²) in [6, 6.07) is 8.29. The maximum atomic E-state index is 11.9. The van der Waals surface area contributed by atoms with Crippen molar-refractivity contribution in [3.05, 3.63) is 29.8 Å². The molecule has 1 aromatic rings. The third kappa shape index (κ3) is 4.46. The molecule has 114 valence electrons. The van der Waals surface area contributed by atoms with Gasteiger partial charge in [-0.15, -0.1) is 0 Å². The van der Waals surface area contributed by atoms with Crippen LogP contribution in [-0.2, 0) is 14.3 Å². The third-order valence-electron chi connectivity index (χ3n) is 3.45. The first-order valence-electron chi connectivity index (χ1n) is 6.95. The van der Waals surface area contributed by atoms with E-state index in [1.807, 2.05) is 6.07 Å². The smallest absolute Gasteiger partial charge is 0.329 e. The molecule has 1 aliphatic rings. The van der Waals surface area contributed by atoms with Crippen LogP contribution in [-0.4, -0.2) is 61.3 Å². The maximum absolute atomic E-state index is 11.9. The lowest BCUT2D eigenvalue weighted by Gasteiger charge is -2.36. The Hall–Kier alpha value is -2.08. The molecule has 0 aliphatic carbocycles. The number of amides is 1. The fourth-order valence-corrected chi connectivity index (χ4v) is 2.36. The summed E-state index contributed by atoms with van der Waals surface area (Å²) in [7, 11) is 0. The summed E-state index contributed by atoms with van der Waals surface area (Å²) in [5, 5.41) is 8.46. The molecule has 0 bridgehead atoms. The number of piperazine rings is 1. The van der Waals surface area contributed by atoms with Crippen molar-refractivity contribution in [3.8, 4) is 0 Å². The number of hydrogen-bond donors (Lipinski definition) is 1. The Balaban J connectivity index is 1.80. The Kier molecular flexibility index (Phi) is 5.16. The van der Waals surface area contributed by atoms with Crippen LogP contribution in [0.1, 0.15) is 5.56 Å². The molecule has 1 amide bonds. The average Bonchev–Trinajstić information content (AvgIpc) is 2.47. The number of aryl methyl sites for hydroxylation is 1. The molecule has 6 heteroatoms. The van der Waals surface area contributed by atoms with Gasteiger partial charge in [0.2, 0.25) is 5.91 Å². The number of anilines is 1. The van der Waals surface area contributed by atoms with Crippen molar-refractivity contribution < 1.29 is 19.4 Å². The van der Waals surface area contributed by atoms with E-state index in [-0.39, 0.29) is 12.5 Å². The Morgan fingerprint density at radius 2 is 1.90 bits per heavy atom. The molecular weight excluding hydrogens is 272 g/mol. The van der Waals surface area contributed by atoms with Gasteiger partial charge in [-0.05, 0) is 24.6 Å². The molecule has 6 nitrogen and oxygen atoms in total. The van der Waals surface area contributed by atoms with Crippen molar-refractivity contribution in [1.82, 2.24) is 4.90 Å². The number of carboxylic acid groups (broad SMARTS) is 1. The zero-order valence-corrected chi connectivity index (χ0v) is 12.1. The first kappa shape index (κ1) is 15.3. The normalized spacial score (nSPS) is 15.1. The molecule has 1 fully saturated rings. The van der Waals surface area contributed by atoms with Crippen molar-refractivity contribution >= 4 is 17.6 Å². The number of aliphatic carboxylic acids is 1. The molecule has 1 heterocycles. The topological polar surface area (TPSA) is 70.1 Å². The van der Waals surface area contributed by atoms with E-state index in [1.165, 1.54) is 11.3 Å². The number of nitrogens with zero attached hydrogens (tertiary/aromatic N) is 2. The molecule has 0 atom stereocenters. The summed E-state index contributed by atoms with van der Waals surface area (Å²) < 4.78 is 4.83. The van der Waals surface area contributed by atoms with Gasteiger partial charge in [-0.25, -0.2) is 4.79 Å². The van der Waals surface area contributed by atoms with Gasteiger partial charge in [0.25, 0.3) is 0 Å². The van der Waals surface area contributed by atoms with E-state index in [1.54, 1.807) is 4.90 Å². The molecule has 1 aromatic carbocycles. The largest absolute Gasteiger partial charge is 0.480 e. The third-order valence-corrected chi connectivity index (χ3v) is 3.45. The lowest BCUT2D eigenvalue weighted by Crippen LogP contribution is -2.49. The van der Waals surface area contributed by atoms with Crippen molar-refractivity contribution in [2.75, 3.05) is 44.3 Å². The van der Waals surface area contributed by atoms with E-state index in [2.05, 4.69) is 30.0 Å². The minimum absolute atomic E-state index is 0.153. The summed E-state index contributed by atoms with van der Waals surface area (Å²) in [5.41, 5.74) is 2.39. The monoisotopic (exact) mass is 292 g/mol. The van der Waals surface area contributed by atoms with Gasteiger partial charge in [-0.3, -0.25) is 4.79 Å². The van der Waals surface area contributed by atoms with Gasteiger partial charge in [-0.2, -0.15) is 0 Å². The highest BCUT2D eigenvalue weighted by Gasteiger charge is 2.21. The highest BCUT2D eigenvalue weighted by Crippen LogP contribution is 2.17. The lowest BCUT2D eigenvalue weighted by molar-refractivity contribution is -0.145. The Labute approximate surface area is 123 Å². The molecule has 2 rings (SSSR count). The second kappa shape index (κ2) is 7.08. The summed E-state index contributed by atoms with van der Waals surface area (Å²) in [6.07, 6.45) is 0. The molecule has 0 saturated carbocycles. The van der Waals surface area contributed by atoms with Crippen LogP contribution >= 0.6 is 0 Å². The summed E-state index contributed by atoms with van der Waals surface area (Å²) in [6.45, 7) is 4.25. The Morgan fingerprint density at radius 1 is 1.19 bits per heavy atom. The van der Waals surface area contributed by atoms with Gasteiger partial charge in [0.15, 0.2) is 0 Å². The van der Waals surface area contributed by atoms with Crippen LogP contribution in [0.3, 0.4) is 0 Å². The van der Waals surface area contributed by atoms with Crippen LogP contribution in [0.5, 0.6) is 0 Å². The van der Waals surface area contributed by atoms with Gasteiger partial charge in [0.05, 0.1) is 0 Å². The fraction of sp³-hybridized carbons (Fsp3) is 0.467. The number of carbonyl (C=O) groups is 2. The lowest BCUT2D eigenvalue weighted by atomic mass is 10.2. The minimum atomic E-state index is -1.06. The Morgan fingerprint density at radius 3 is 2.52 bits per heavy atom. The van der Waals surface area contributed by atoms with Crippen LogP contribution in [0, 0.1) is 6.92 Å². The molecule has 0 unspecified atom stereocenters. The number of carbonyl (C=O) groups excluding carboxylic acids is 1. The van der Waals surface area contributed by atoms with Crippen LogP contribution in [0.4, 0.5) is 5.69 Å². The van der Waals surface area contributed by atoms with Crippen LogP contribution in [0.2, 0.25) is 0 Å². The second-order valence-electron chi connectivity index (χ2n) is 5.09. The van der Waals surface area contributed by atoms with E-state index in [0.29, 0.717) is 13.1 Å². The summed E-state index contributed by atoms with van der Waals surface area (Å²) >= 11 is 0. The molecule has 1 aliphatic heterocycles. The number of carboxylic acids is 1. The first-order chi connectivity index (χ1) is 10.1. The molecule has 0 spiro atoms. The van der Waals surface area contributed by atoms with Crippen molar-refractivity contribution in [1.29, 1.82) is 0 Å². The van der Waals surface area contributed by atoms with Gasteiger partial charge in [-0.1, -0.05) is 12.1 Å². The first-order valence-corrected chi connectivity index (χ1v) is 6.95. The van der Waals surface area contributed by atoms with Gasteiger partial charge >= 0.3 is 5.97 Å². The van der Waals surface area contributed by atoms with E-state index < -0.39 is 12.6 Å². The van der Waals surface area contributed by atoms with Gasteiger partial charge < -0.3 is 19.6 Å². The minimum Gasteiger partial charge on any atom is -0.480 e. The molecule has 0 aromatic heterocycles. The zero-order valence-electron chi connectivity index (χ0n) is 12.1. The number of rotatable bonds is 5. The maximum Gasteiger partial charge on any atom is 0.329 e.